The van der Waals surface area contributed by atoms with Crippen molar-refractivity contribution in [2.24, 2.45) is 11.3 Å². The van der Waals surface area contributed by atoms with Gasteiger partial charge in [0.2, 0.25) is 11.6 Å². The molecule has 0 aliphatic carbocycles. The number of carbonyl (C=O) groups is 1. The molecule has 0 bridgehead atoms. The summed E-state index contributed by atoms with van der Waals surface area (Å²) in [6.07, 6.45) is 14.8. The molecule has 2 aromatic rings. The Labute approximate surface area is 280 Å². The zero-order valence-electron chi connectivity index (χ0n) is 30.7. The number of aryl methyl sites for hydroxylation is 2. The van der Waals surface area contributed by atoms with Crippen molar-refractivity contribution >= 4 is 23.0 Å². The topological polar surface area (TPSA) is 35.4 Å². The Hall–Kier alpha value is -3.40. The first-order chi connectivity index (χ1) is 21.6. The first-order valence-electron chi connectivity index (χ1n) is 17.6. The molecule has 0 saturated heterocycles. The number of fused-ring (bicyclic) bond motifs is 2. The predicted octanol–water partition coefficient (Wildman–Crippen LogP) is 9.85. The van der Waals surface area contributed by atoms with Gasteiger partial charge in [-0.2, -0.15) is 4.58 Å². The molecule has 0 saturated carbocycles. The maximum Gasteiger partial charge on any atom is 0.220 e. The minimum Gasteiger partial charge on any atom is -0.356 e. The molecule has 2 aliphatic heterocycles. The lowest BCUT2D eigenvalue weighted by molar-refractivity contribution is -0.438. The van der Waals surface area contributed by atoms with E-state index in [4.69, 9.17) is 0 Å². The van der Waals surface area contributed by atoms with Crippen molar-refractivity contribution in [1.82, 2.24) is 5.32 Å². The fraction of sp³-hybridized carbons (Fsp3) is 0.524. The summed E-state index contributed by atoms with van der Waals surface area (Å²) in [6.45, 7) is 27.5. The highest BCUT2D eigenvalue weighted by atomic mass is 16.1. The number of amides is 1. The van der Waals surface area contributed by atoms with Gasteiger partial charge in [0.05, 0.1) is 5.41 Å². The summed E-state index contributed by atoms with van der Waals surface area (Å²) in [7, 11) is 0. The van der Waals surface area contributed by atoms with Gasteiger partial charge in [0, 0.05) is 60.4 Å². The summed E-state index contributed by atoms with van der Waals surface area (Å²) in [4.78, 5) is 15.0. The number of nitrogens with zero attached hydrogens (tertiary/aromatic N) is 2. The van der Waals surface area contributed by atoms with Crippen molar-refractivity contribution in [3.05, 3.63) is 94.7 Å². The van der Waals surface area contributed by atoms with Gasteiger partial charge in [0.25, 0.3) is 0 Å². The molecule has 2 aromatic carbocycles. The number of nitrogens with one attached hydrogen (secondary N) is 1. The number of unbranched alkanes of at least 4 members (excludes halogenated alkanes) is 2. The van der Waals surface area contributed by atoms with Crippen LogP contribution in [0.2, 0.25) is 0 Å². The average molecular weight is 623 g/mol. The molecule has 2 heterocycles. The molecule has 0 aromatic heterocycles. The van der Waals surface area contributed by atoms with Crippen molar-refractivity contribution in [1.29, 1.82) is 0 Å². The SMILES string of the molecule is CCN1\C(=C/C=C/C=C/C2=[N+](CCCCCC(=O)NCC(C)(C)C(C)C)c3ccc(C)cc3C2(C)C)C(C)(C)c2cc(C)ccc21. The molecule has 2 aliphatic rings. The predicted molar refractivity (Wildman–Crippen MR) is 198 cm³/mol. The fourth-order valence-electron chi connectivity index (χ4n) is 6.87. The van der Waals surface area contributed by atoms with Gasteiger partial charge in [-0.05, 0) is 82.6 Å². The highest BCUT2D eigenvalue weighted by Gasteiger charge is 2.44. The third-order valence-electron chi connectivity index (χ3n) is 10.7. The summed E-state index contributed by atoms with van der Waals surface area (Å²) in [5.74, 6) is 0.708. The van der Waals surface area contributed by atoms with E-state index in [2.05, 4.69) is 158 Å². The minimum atomic E-state index is -0.0841. The van der Waals surface area contributed by atoms with E-state index < -0.39 is 0 Å². The molecule has 0 spiro atoms. The van der Waals surface area contributed by atoms with Crippen LogP contribution in [0.1, 0.15) is 110 Å². The number of hydrogen-bond acceptors (Lipinski definition) is 2. The molecule has 46 heavy (non-hydrogen) atoms. The lowest BCUT2D eigenvalue weighted by atomic mass is 9.81. The summed E-state index contributed by atoms with van der Waals surface area (Å²) in [5, 5.41) is 3.16. The second-order valence-electron chi connectivity index (χ2n) is 15.6. The van der Waals surface area contributed by atoms with Crippen LogP contribution in [0, 0.1) is 25.2 Å². The Bertz CT molecular complexity index is 1550. The fourth-order valence-corrected chi connectivity index (χ4v) is 6.87. The van der Waals surface area contributed by atoms with Gasteiger partial charge in [0.15, 0.2) is 5.71 Å². The maximum absolute atomic E-state index is 12.5. The molecule has 1 amide bonds. The van der Waals surface area contributed by atoms with Crippen LogP contribution >= 0.6 is 0 Å². The number of anilines is 1. The quantitative estimate of drug-likeness (QED) is 0.137. The summed E-state index contributed by atoms with van der Waals surface area (Å²) in [5.41, 5.74) is 10.7. The van der Waals surface area contributed by atoms with Crippen molar-refractivity contribution in [3.63, 3.8) is 0 Å². The summed E-state index contributed by atoms with van der Waals surface area (Å²) in [6, 6.07) is 13.7. The van der Waals surface area contributed by atoms with E-state index in [1.54, 1.807) is 0 Å². The molecule has 248 valence electrons. The van der Waals surface area contributed by atoms with E-state index in [1.165, 1.54) is 45.0 Å². The van der Waals surface area contributed by atoms with Crippen LogP contribution in [0.25, 0.3) is 0 Å². The van der Waals surface area contributed by atoms with E-state index >= 15 is 0 Å². The molecule has 0 atom stereocenters. The second-order valence-corrected chi connectivity index (χ2v) is 15.6. The lowest BCUT2D eigenvalue weighted by Gasteiger charge is -2.29. The number of likely N-dealkylation sites (N-methyl/N-ethyl adjacent to an activating group) is 1. The minimum absolute atomic E-state index is 0.0325. The zero-order valence-corrected chi connectivity index (χ0v) is 30.7. The molecule has 0 unspecified atom stereocenters. The molecule has 0 fully saturated rings. The standard InChI is InChI=1S/C42H59N3O/c1-12-44-35-24-22-31(4)27-33(35)41(8,9)37(44)19-15-13-16-20-38-42(10,11)34-28-32(5)23-25-36(34)45(38)26-18-14-17-21-39(46)43-29-40(6,7)30(2)3/h13,15-16,19-20,22-25,27-28,30H,12,14,17-18,21,26,29H2,1-11H3/p+1. The highest BCUT2D eigenvalue weighted by Crippen LogP contribution is 2.48. The molecule has 4 heteroatoms. The van der Waals surface area contributed by atoms with Gasteiger partial charge in [-0.1, -0.05) is 89.1 Å². The first-order valence-corrected chi connectivity index (χ1v) is 17.6. The Balaban J connectivity index is 1.46. The van der Waals surface area contributed by atoms with Crippen molar-refractivity contribution < 1.29 is 9.37 Å². The normalized spacial score (nSPS) is 18.0. The van der Waals surface area contributed by atoms with Gasteiger partial charge in [-0.3, -0.25) is 4.79 Å². The van der Waals surface area contributed by atoms with E-state index in [0.717, 1.165) is 38.9 Å². The third kappa shape index (κ3) is 7.42. The van der Waals surface area contributed by atoms with Gasteiger partial charge < -0.3 is 10.2 Å². The van der Waals surface area contributed by atoms with Crippen molar-refractivity contribution in [2.45, 2.75) is 113 Å². The van der Waals surface area contributed by atoms with Crippen LogP contribution in [0.15, 0.2) is 72.5 Å². The average Bonchev–Trinajstić information content (AvgIpc) is 3.33. The van der Waals surface area contributed by atoms with Crippen molar-refractivity contribution in [3.8, 4) is 0 Å². The van der Waals surface area contributed by atoms with E-state index in [9.17, 15) is 4.79 Å². The van der Waals surface area contributed by atoms with Crippen molar-refractivity contribution in [2.75, 3.05) is 24.5 Å². The van der Waals surface area contributed by atoms with E-state index in [-0.39, 0.29) is 22.2 Å². The highest BCUT2D eigenvalue weighted by molar-refractivity contribution is 6.03. The number of rotatable bonds is 13. The second kappa shape index (κ2) is 14.2. The number of hydrogen-bond donors (Lipinski definition) is 1. The monoisotopic (exact) mass is 622 g/mol. The Morgan fingerprint density at radius 3 is 2.26 bits per heavy atom. The van der Waals surface area contributed by atoms with E-state index in [1.807, 2.05) is 0 Å². The molecular weight excluding hydrogens is 562 g/mol. The Morgan fingerprint density at radius 1 is 0.913 bits per heavy atom. The maximum atomic E-state index is 12.5. The molecular formula is C42H60N3O+. The Kier molecular flexibility index (Phi) is 10.9. The number of carbonyl (C=O) groups excluding carboxylic acids is 1. The van der Waals surface area contributed by atoms with Gasteiger partial charge in [-0.15, -0.1) is 0 Å². The van der Waals surface area contributed by atoms with Crippen LogP contribution in [0.3, 0.4) is 0 Å². The van der Waals surface area contributed by atoms with Crippen LogP contribution in [-0.2, 0) is 15.6 Å². The van der Waals surface area contributed by atoms with Gasteiger partial charge in [0.1, 0.15) is 6.54 Å². The third-order valence-corrected chi connectivity index (χ3v) is 10.7. The van der Waals surface area contributed by atoms with Crippen LogP contribution in [-0.4, -0.2) is 35.8 Å². The number of benzene rings is 2. The van der Waals surface area contributed by atoms with Crippen LogP contribution < -0.4 is 10.2 Å². The molecule has 4 rings (SSSR count). The molecule has 1 N–H and O–H groups in total. The molecule has 0 radical (unpaired) electrons. The Morgan fingerprint density at radius 2 is 1.59 bits per heavy atom. The summed E-state index contributed by atoms with van der Waals surface area (Å²) >= 11 is 0. The van der Waals surface area contributed by atoms with Crippen LogP contribution in [0.5, 0.6) is 0 Å². The lowest BCUT2D eigenvalue weighted by Crippen LogP contribution is -2.36. The smallest absolute Gasteiger partial charge is 0.220 e. The number of allylic oxidation sites excluding steroid dienone is 6. The van der Waals surface area contributed by atoms with Gasteiger partial charge >= 0.3 is 0 Å². The molecule has 4 nitrogen and oxygen atoms in total. The zero-order chi connectivity index (χ0) is 33.9. The first kappa shape index (κ1) is 35.5. The summed E-state index contributed by atoms with van der Waals surface area (Å²) < 4.78 is 2.51. The van der Waals surface area contributed by atoms with Gasteiger partial charge in [-0.25, -0.2) is 0 Å². The van der Waals surface area contributed by atoms with Crippen LogP contribution in [0.4, 0.5) is 11.4 Å². The largest absolute Gasteiger partial charge is 0.356 e. The van der Waals surface area contributed by atoms with E-state index in [0.29, 0.717) is 12.3 Å².